The summed E-state index contributed by atoms with van der Waals surface area (Å²) in [7, 11) is 0. The van der Waals surface area contributed by atoms with Crippen molar-refractivity contribution in [3.8, 4) is 0 Å². The van der Waals surface area contributed by atoms with Crippen LogP contribution in [0.15, 0.2) is 18.5 Å². The topological polar surface area (TPSA) is 56.2 Å². The van der Waals surface area contributed by atoms with Crippen molar-refractivity contribution >= 4 is 5.91 Å². The van der Waals surface area contributed by atoms with Crippen LogP contribution in [0.1, 0.15) is 6.42 Å². The average Bonchev–Trinajstić information content (AvgIpc) is 2.76. The van der Waals surface area contributed by atoms with E-state index in [4.69, 9.17) is 4.74 Å². The Balaban J connectivity index is 1.78. The fourth-order valence-corrected chi connectivity index (χ4v) is 1.46. The van der Waals surface area contributed by atoms with E-state index < -0.39 is 0 Å². The van der Waals surface area contributed by atoms with Crippen LogP contribution in [0.3, 0.4) is 0 Å². The van der Waals surface area contributed by atoms with Crippen LogP contribution in [-0.2, 0) is 16.1 Å². The normalized spacial score (nSPS) is 21.0. The van der Waals surface area contributed by atoms with Gasteiger partial charge in [-0.05, 0) is 12.5 Å². The molecule has 1 aliphatic heterocycles. The summed E-state index contributed by atoms with van der Waals surface area (Å²) in [4.78, 5) is 11.4. The Morgan fingerprint density at radius 2 is 2.64 bits per heavy atom. The molecule has 1 N–H and O–H groups in total. The number of nitrogens with one attached hydrogen (secondary N) is 1. The molecule has 1 unspecified atom stereocenters. The number of ether oxygens (including phenoxy) is 1. The zero-order valence-electron chi connectivity index (χ0n) is 7.85. The first kappa shape index (κ1) is 9.21. The molecule has 1 aliphatic rings. The van der Waals surface area contributed by atoms with Crippen LogP contribution in [0.2, 0.25) is 0 Å². The minimum absolute atomic E-state index is 0.01000. The van der Waals surface area contributed by atoms with Crippen molar-refractivity contribution in [2.75, 3.05) is 13.2 Å². The summed E-state index contributed by atoms with van der Waals surface area (Å²) in [5.41, 5.74) is 0. The van der Waals surface area contributed by atoms with E-state index in [0.29, 0.717) is 6.61 Å². The lowest BCUT2D eigenvalue weighted by Gasteiger charge is -2.10. The van der Waals surface area contributed by atoms with Crippen molar-refractivity contribution in [2.24, 2.45) is 0 Å². The lowest BCUT2D eigenvalue weighted by Crippen LogP contribution is -2.37. The first-order valence-electron chi connectivity index (χ1n) is 4.69. The molecule has 1 aromatic heterocycles. The smallest absolute Gasteiger partial charge is 0.242 e. The molecule has 0 bridgehead atoms. The van der Waals surface area contributed by atoms with Crippen LogP contribution in [0.4, 0.5) is 0 Å². The SMILES string of the molecule is O=C(Cn1cccn1)NC1CCOC1. The Labute approximate surface area is 82.0 Å². The van der Waals surface area contributed by atoms with E-state index in [1.165, 1.54) is 0 Å². The minimum Gasteiger partial charge on any atom is -0.379 e. The Morgan fingerprint density at radius 3 is 3.29 bits per heavy atom. The molecule has 1 amide bonds. The van der Waals surface area contributed by atoms with Gasteiger partial charge in [0.1, 0.15) is 6.54 Å². The maximum absolute atomic E-state index is 11.4. The molecule has 1 saturated heterocycles. The highest BCUT2D eigenvalue weighted by molar-refractivity contribution is 5.75. The number of aromatic nitrogens is 2. The molecule has 2 heterocycles. The second-order valence-corrected chi connectivity index (χ2v) is 3.33. The monoisotopic (exact) mass is 195 g/mol. The zero-order chi connectivity index (χ0) is 9.80. The van der Waals surface area contributed by atoms with Gasteiger partial charge in [-0.2, -0.15) is 5.10 Å². The molecule has 1 aromatic rings. The van der Waals surface area contributed by atoms with Gasteiger partial charge in [-0.3, -0.25) is 9.48 Å². The first-order chi connectivity index (χ1) is 6.84. The maximum atomic E-state index is 11.4. The highest BCUT2D eigenvalue weighted by Gasteiger charge is 2.17. The van der Waals surface area contributed by atoms with Crippen molar-refractivity contribution in [3.05, 3.63) is 18.5 Å². The lowest BCUT2D eigenvalue weighted by molar-refractivity contribution is -0.122. The summed E-state index contributed by atoms with van der Waals surface area (Å²) >= 11 is 0. The lowest BCUT2D eigenvalue weighted by atomic mass is 10.2. The fraction of sp³-hybridized carbons (Fsp3) is 0.556. The Kier molecular flexibility index (Phi) is 2.78. The van der Waals surface area contributed by atoms with Crippen molar-refractivity contribution in [1.29, 1.82) is 0 Å². The van der Waals surface area contributed by atoms with Gasteiger partial charge in [-0.25, -0.2) is 0 Å². The van der Waals surface area contributed by atoms with Crippen LogP contribution in [0.5, 0.6) is 0 Å². The van der Waals surface area contributed by atoms with E-state index in [-0.39, 0.29) is 18.5 Å². The predicted molar refractivity (Wildman–Crippen MR) is 49.6 cm³/mol. The van der Waals surface area contributed by atoms with E-state index in [1.807, 2.05) is 0 Å². The summed E-state index contributed by atoms with van der Waals surface area (Å²) < 4.78 is 6.76. The van der Waals surface area contributed by atoms with Crippen LogP contribution in [-0.4, -0.2) is 34.9 Å². The van der Waals surface area contributed by atoms with Crippen molar-refractivity contribution in [1.82, 2.24) is 15.1 Å². The molecule has 5 heteroatoms. The number of carbonyl (C=O) groups excluding carboxylic acids is 1. The number of rotatable bonds is 3. The van der Waals surface area contributed by atoms with E-state index in [9.17, 15) is 4.79 Å². The molecule has 2 rings (SSSR count). The molecule has 0 saturated carbocycles. The van der Waals surface area contributed by atoms with E-state index in [0.717, 1.165) is 13.0 Å². The number of carbonyl (C=O) groups is 1. The Hall–Kier alpha value is -1.36. The third kappa shape index (κ3) is 2.32. The molecule has 14 heavy (non-hydrogen) atoms. The summed E-state index contributed by atoms with van der Waals surface area (Å²) in [6.07, 6.45) is 4.33. The first-order valence-corrected chi connectivity index (χ1v) is 4.69. The number of amides is 1. The molecule has 0 radical (unpaired) electrons. The van der Waals surface area contributed by atoms with Crippen molar-refractivity contribution in [3.63, 3.8) is 0 Å². The maximum Gasteiger partial charge on any atom is 0.242 e. The summed E-state index contributed by atoms with van der Waals surface area (Å²) in [5.74, 6) is -0.01000. The molecule has 0 aliphatic carbocycles. The fourth-order valence-electron chi connectivity index (χ4n) is 1.46. The van der Waals surface area contributed by atoms with E-state index in [2.05, 4.69) is 10.4 Å². The quantitative estimate of drug-likeness (QED) is 0.726. The van der Waals surface area contributed by atoms with Gasteiger partial charge in [0, 0.05) is 19.0 Å². The zero-order valence-corrected chi connectivity index (χ0v) is 7.85. The highest BCUT2D eigenvalue weighted by Crippen LogP contribution is 2.02. The standard InChI is InChI=1S/C9H13N3O2/c13-9(6-12-4-1-3-10-12)11-8-2-5-14-7-8/h1,3-4,8H,2,5-7H2,(H,11,13). The number of hydrogen-bond acceptors (Lipinski definition) is 3. The highest BCUT2D eigenvalue weighted by atomic mass is 16.5. The Bertz CT molecular complexity index is 291. The molecular formula is C9H13N3O2. The van der Waals surface area contributed by atoms with Gasteiger partial charge < -0.3 is 10.1 Å². The van der Waals surface area contributed by atoms with Crippen LogP contribution in [0, 0.1) is 0 Å². The van der Waals surface area contributed by atoms with Gasteiger partial charge in [0.25, 0.3) is 0 Å². The predicted octanol–water partition coefficient (Wildman–Crippen LogP) is -0.212. The van der Waals surface area contributed by atoms with Crippen molar-refractivity contribution in [2.45, 2.75) is 19.0 Å². The molecule has 0 aromatic carbocycles. The Morgan fingerprint density at radius 1 is 1.71 bits per heavy atom. The second kappa shape index (κ2) is 4.23. The number of hydrogen-bond donors (Lipinski definition) is 1. The third-order valence-corrected chi connectivity index (χ3v) is 2.16. The van der Waals surface area contributed by atoms with Gasteiger partial charge in [-0.1, -0.05) is 0 Å². The van der Waals surface area contributed by atoms with Gasteiger partial charge in [0.2, 0.25) is 5.91 Å². The molecule has 1 atom stereocenters. The van der Waals surface area contributed by atoms with Crippen LogP contribution in [0.25, 0.3) is 0 Å². The molecular weight excluding hydrogens is 182 g/mol. The van der Waals surface area contributed by atoms with Crippen LogP contribution >= 0.6 is 0 Å². The average molecular weight is 195 g/mol. The second-order valence-electron chi connectivity index (χ2n) is 3.33. The van der Waals surface area contributed by atoms with Gasteiger partial charge in [0.15, 0.2) is 0 Å². The van der Waals surface area contributed by atoms with Crippen molar-refractivity contribution < 1.29 is 9.53 Å². The summed E-state index contributed by atoms with van der Waals surface area (Å²) in [5, 5.41) is 6.85. The van der Waals surface area contributed by atoms with Gasteiger partial charge >= 0.3 is 0 Å². The largest absolute Gasteiger partial charge is 0.379 e. The third-order valence-electron chi connectivity index (χ3n) is 2.16. The molecule has 0 spiro atoms. The van der Waals surface area contributed by atoms with Crippen LogP contribution < -0.4 is 5.32 Å². The summed E-state index contributed by atoms with van der Waals surface area (Å²) in [6, 6.07) is 1.98. The minimum atomic E-state index is -0.01000. The molecule has 5 nitrogen and oxygen atoms in total. The molecule has 76 valence electrons. The van der Waals surface area contributed by atoms with Gasteiger partial charge in [-0.15, -0.1) is 0 Å². The summed E-state index contributed by atoms with van der Waals surface area (Å²) in [6.45, 7) is 1.65. The van der Waals surface area contributed by atoms with E-state index >= 15 is 0 Å². The molecule has 1 fully saturated rings. The number of nitrogens with zero attached hydrogens (tertiary/aromatic N) is 2. The van der Waals surface area contributed by atoms with E-state index in [1.54, 1.807) is 23.1 Å². The van der Waals surface area contributed by atoms with Gasteiger partial charge in [0.05, 0.1) is 12.6 Å².